The van der Waals surface area contributed by atoms with Crippen LogP contribution in [-0.2, 0) is 6.42 Å². The highest BCUT2D eigenvalue weighted by Crippen LogP contribution is 2.22. The summed E-state index contributed by atoms with van der Waals surface area (Å²) in [6.07, 6.45) is 2.72. The van der Waals surface area contributed by atoms with Gasteiger partial charge in [-0.3, -0.25) is 4.79 Å². The normalized spacial score (nSPS) is 11.0. The molecule has 22 heavy (non-hydrogen) atoms. The zero-order valence-corrected chi connectivity index (χ0v) is 13.9. The molecule has 0 aliphatic rings. The highest BCUT2D eigenvalue weighted by atomic mass is 35.5. The monoisotopic (exact) mass is 333 g/mol. The van der Waals surface area contributed by atoms with Crippen LogP contribution in [0.3, 0.4) is 0 Å². The Morgan fingerprint density at radius 2 is 2.23 bits per heavy atom. The van der Waals surface area contributed by atoms with E-state index in [1.807, 2.05) is 38.2 Å². The lowest BCUT2D eigenvalue weighted by Gasteiger charge is -2.04. The maximum Gasteiger partial charge on any atom is 0.263 e. The summed E-state index contributed by atoms with van der Waals surface area (Å²) in [5, 5.41) is 5.69. The van der Waals surface area contributed by atoms with Crippen LogP contribution in [0.5, 0.6) is 0 Å². The summed E-state index contributed by atoms with van der Waals surface area (Å²) < 4.78 is 0. The van der Waals surface area contributed by atoms with Crippen LogP contribution in [0.4, 0.5) is 0 Å². The molecular weight excluding hydrogens is 318 g/mol. The van der Waals surface area contributed by atoms with Crippen LogP contribution in [0.25, 0.3) is 10.9 Å². The molecule has 0 bridgehead atoms. The molecule has 0 saturated heterocycles. The van der Waals surface area contributed by atoms with E-state index in [-0.39, 0.29) is 5.91 Å². The minimum atomic E-state index is -0.0547. The van der Waals surface area contributed by atoms with Gasteiger partial charge in [-0.2, -0.15) is 0 Å². The predicted octanol–water partition coefficient (Wildman–Crippen LogP) is 3.87. The van der Waals surface area contributed by atoms with Gasteiger partial charge in [-0.1, -0.05) is 11.6 Å². The van der Waals surface area contributed by atoms with Gasteiger partial charge < -0.3 is 10.3 Å². The largest absolute Gasteiger partial charge is 0.361 e. The zero-order valence-electron chi connectivity index (χ0n) is 12.4. The molecule has 0 spiro atoms. The van der Waals surface area contributed by atoms with Crippen molar-refractivity contribution < 1.29 is 4.79 Å². The summed E-state index contributed by atoms with van der Waals surface area (Å²) in [6, 6.07) is 5.77. The quantitative estimate of drug-likeness (QED) is 0.761. The number of amides is 1. The molecule has 1 amide bonds. The van der Waals surface area contributed by atoms with Gasteiger partial charge in [0.25, 0.3) is 5.91 Å². The molecule has 2 N–H and O–H groups in total. The van der Waals surface area contributed by atoms with Crippen LogP contribution in [-0.4, -0.2) is 22.4 Å². The van der Waals surface area contributed by atoms with Crippen molar-refractivity contribution in [1.29, 1.82) is 0 Å². The Kier molecular flexibility index (Phi) is 4.18. The fourth-order valence-electron chi connectivity index (χ4n) is 2.49. The van der Waals surface area contributed by atoms with E-state index in [1.165, 1.54) is 11.3 Å². The van der Waals surface area contributed by atoms with Crippen molar-refractivity contribution in [1.82, 2.24) is 15.3 Å². The fourth-order valence-corrected chi connectivity index (χ4v) is 3.50. The number of nitrogens with one attached hydrogen (secondary N) is 2. The lowest BCUT2D eigenvalue weighted by molar-refractivity contribution is 0.0957. The third-order valence-electron chi connectivity index (χ3n) is 3.52. The SMILES string of the molecule is Cc1nc(C)c(C(=O)NCCc2c[nH]c3ccc(Cl)cc23)s1. The molecule has 2 aromatic heterocycles. The van der Waals surface area contributed by atoms with Gasteiger partial charge in [0, 0.05) is 28.7 Å². The number of rotatable bonds is 4. The van der Waals surface area contributed by atoms with Gasteiger partial charge in [-0.15, -0.1) is 11.3 Å². The Hall–Kier alpha value is -1.85. The minimum Gasteiger partial charge on any atom is -0.361 e. The number of nitrogens with zero attached hydrogens (tertiary/aromatic N) is 1. The first-order chi connectivity index (χ1) is 10.5. The number of carbonyl (C=O) groups is 1. The van der Waals surface area contributed by atoms with Crippen molar-refractivity contribution in [2.45, 2.75) is 20.3 Å². The molecular formula is C16H16ClN3OS. The van der Waals surface area contributed by atoms with Gasteiger partial charge >= 0.3 is 0 Å². The van der Waals surface area contributed by atoms with Crippen LogP contribution < -0.4 is 5.32 Å². The number of hydrogen-bond donors (Lipinski definition) is 2. The van der Waals surface area contributed by atoms with Crippen LogP contribution in [0.2, 0.25) is 5.02 Å². The van der Waals surface area contributed by atoms with Crippen LogP contribution in [0.1, 0.15) is 25.9 Å². The number of aromatic nitrogens is 2. The Morgan fingerprint density at radius 3 is 2.95 bits per heavy atom. The second-order valence-corrected chi connectivity index (χ2v) is 6.80. The number of H-pyrrole nitrogens is 1. The molecule has 2 heterocycles. The Balaban J connectivity index is 1.66. The number of hydrogen-bond acceptors (Lipinski definition) is 3. The first-order valence-electron chi connectivity index (χ1n) is 7.02. The van der Waals surface area contributed by atoms with Crippen molar-refractivity contribution in [3.05, 3.63) is 50.6 Å². The average molecular weight is 334 g/mol. The maximum atomic E-state index is 12.2. The summed E-state index contributed by atoms with van der Waals surface area (Å²) >= 11 is 7.47. The summed E-state index contributed by atoms with van der Waals surface area (Å²) in [6.45, 7) is 4.35. The van der Waals surface area contributed by atoms with Crippen molar-refractivity contribution in [2.24, 2.45) is 0 Å². The van der Waals surface area contributed by atoms with Gasteiger partial charge in [0.05, 0.1) is 10.7 Å². The highest BCUT2D eigenvalue weighted by molar-refractivity contribution is 7.13. The van der Waals surface area contributed by atoms with E-state index in [9.17, 15) is 4.79 Å². The Morgan fingerprint density at radius 1 is 1.41 bits per heavy atom. The molecule has 0 saturated carbocycles. The van der Waals surface area contributed by atoms with E-state index < -0.39 is 0 Å². The summed E-state index contributed by atoms with van der Waals surface area (Å²) in [4.78, 5) is 20.3. The standard InChI is InChI=1S/C16H16ClN3OS/c1-9-15(22-10(2)20-9)16(21)18-6-5-11-8-19-14-4-3-12(17)7-13(11)14/h3-4,7-8,19H,5-6H2,1-2H3,(H,18,21). The minimum absolute atomic E-state index is 0.0547. The molecule has 0 radical (unpaired) electrons. The van der Waals surface area contributed by atoms with Gasteiger partial charge in [0.15, 0.2) is 0 Å². The molecule has 0 aliphatic heterocycles. The van der Waals surface area contributed by atoms with E-state index in [0.717, 1.165) is 33.6 Å². The third kappa shape index (κ3) is 3.00. The molecule has 0 aliphatic carbocycles. The van der Waals surface area contributed by atoms with E-state index in [2.05, 4.69) is 15.3 Å². The topological polar surface area (TPSA) is 57.8 Å². The second-order valence-electron chi connectivity index (χ2n) is 5.16. The summed E-state index contributed by atoms with van der Waals surface area (Å²) in [5.41, 5.74) is 2.99. The zero-order chi connectivity index (χ0) is 15.7. The lowest BCUT2D eigenvalue weighted by atomic mass is 10.1. The van der Waals surface area contributed by atoms with Gasteiger partial charge in [-0.25, -0.2) is 4.98 Å². The Bertz CT molecular complexity index is 837. The van der Waals surface area contributed by atoms with Crippen molar-refractivity contribution in [3.63, 3.8) is 0 Å². The lowest BCUT2D eigenvalue weighted by Crippen LogP contribution is -2.25. The van der Waals surface area contributed by atoms with Gasteiger partial charge in [0.1, 0.15) is 4.88 Å². The molecule has 0 atom stereocenters. The van der Waals surface area contributed by atoms with Crippen LogP contribution >= 0.6 is 22.9 Å². The first-order valence-corrected chi connectivity index (χ1v) is 8.22. The number of carbonyl (C=O) groups excluding carboxylic acids is 1. The van der Waals surface area contributed by atoms with Crippen molar-refractivity contribution >= 4 is 39.7 Å². The molecule has 3 aromatic rings. The van der Waals surface area contributed by atoms with Crippen molar-refractivity contribution in [3.8, 4) is 0 Å². The Labute approximate surface area is 137 Å². The summed E-state index contributed by atoms with van der Waals surface area (Å²) in [7, 11) is 0. The predicted molar refractivity (Wildman–Crippen MR) is 90.9 cm³/mol. The number of halogens is 1. The average Bonchev–Trinajstić information content (AvgIpc) is 3.02. The molecule has 4 nitrogen and oxygen atoms in total. The van der Waals surface area contributed by atoms with E-state index in [4.69, 9.17) is 11.6 Å². The molecule has 0 fully saturated rings. The molecule has 114 valence electrons. The number of thiazole rings is 1. The van der Waals surface area contributed by atoms with Crippen LogP contribution in [0, 0.1) is 13.8 Å². The number of fused-ring (bicyclic) bond motifs is 1. The maximum absolute atomic E-state index is 12.2. The van der Waals surface area contributed by atoms with E-state index in [0.29, 0.717) is 16.4 Å². The second kappa shape index (κ2) is 6.10. The number of benzene rings is 1. The van der Waals surface area contributed by atoms with Gasteiger partial charge in [-0.05, 0) is 44.0 Å². The smallest absolute Gasteiger partial charge is 0.263 e. The van der Waals surface area contributed by atoms with Crippen LogP contribution in [0.15, 0.2) is 24.4 Å². The third-order valence-corrected chi connectivity index (χ3v) is 4.83. The highest BCUT2D eigenvalue weighted by Gasteiger charge is 2.13. The fraction of sp³-hybridized carbons (Fsp3) is 0.250. The summed E-state index contributed by atoms with van der Waals surface area (Å²) in [5.74, 6) is -0.0547. The molecule has 6 heteroatoms. The molecule has 3 rings (SSSR count). The first kappa shape index (κ1) is 15.1. The number of aryl methyl sites for hydroxylation is 2. The van der Waals surface area contributed by atoms with Gasteiger partial charge in [0.2, 0.25) is 0 Å². The molecule has 0 unspecified atom stereocenters. The van der Waals surface area contributed by atoms with E-state index in [1.54, 1.807) is 0 Å². The molecule has 1 aromatic carbocycles. The van der Waals surface area contributed by atoms with Crippen molar-refractivity contribution in [2.75, 3.05) is 6.54 Å². The van der Waals surface area contributed by atoms with E-state index >= 15 is 0 Å². The number of aromatic amines is 1.